The van der Waals surface area contributed by atoms with E-state index in [0.717, 1.165) is 11.3 Å². The molecule has 0 unspecified atom stereocenters. The number of hydrogen-bond donors (Lipinski definition) is 1. The van der Waals surface area contributed by atoms with Crippen molar-refractivity contribution in [3.63, 3.8) is 0 Å². The van der Waals surface area contributed by atoms with Crippen LogP contribution in [0.4, 0.5) is 15.8 Å². The average Bonchev–Trinajstić information content (AvgIpc) is 3.05. The minimum Gasteiger partial charge on any atom is -0.497 e. The lowest BCUT2D eigenvalue weighted by Crippen LogP contribution is -2.48. The summed E-state index contributed by atoms with van der Waals surface area (Å²) >= 11 is 0. The summed E-state index contributed by atoms with van der Waals surface area (Å²) in [6.45, 7) is 2.57. The number of nitrogens with one attached hydrogen (secondary N) is 1. The van der Waals surface area contributed by atoms with Crippen LogP contribution in [-0.4, -0.2) is 67.4 Å². The van der Waals surface area contributed by atoms with Crippen molar-refractivity contribution in [2.45, 2.75) is 6.54 Å². The molecule has 0 radical (unpaired) electrons. The molecule has 1 aliphatic rings. The molecule has 5 rings (SSSR count). The first-order chi connectivity index (χ1) is 20.9. The number of amides is 3. The Hall–Kier alpha value is -5.18. The van der Waals surface area contributed by atoms with Crippen LogP contribution in [0, 0.1) is 5.82 Å². The standard InChI is InChI=1S/C34H33FN4O4/c1-43-31-16-10-26(11-17-31)33(41)38-20-18-37(19-21-38)30-14-12-29(13-15-30)36-32(40)24-39(23-25-6-3-2-4-7-25)34(42)27-8-5-9-28(35)22-27/h2-17,22H,18-21,23-24H2,1H3,(H,36,40). The Morgan fingerprint density at radius 1 is 0.814 bits per heavy atom. The highest BCUT2D eigenvalue weighted by Crippen LogP contribution is 2.21. The fourth-order valence-electron chi connectivity index (χ4n) is 5.02. The van der Waals surface area contributed by atoms with Crippen molar-refractivity contribution in [2.75, 3.05) is 50.1 Å². The summed E-state index contributed by atoms with van der Waals surface area (Å²) in [5.41, 5.74) is 3.25. The van der Waals surface area contributed by atoms with E-state index in [1.807, 2.05) is 59.5 Å². The maximum atomic E-state index is 13.8. The van der Waals surface area contributed by atoms with E-state index >= 15 is 0 Å². The zero-order valence-corrected chi connectivity index (χ0v) is 23.9. The highest BCUT2D eigenvalue weighted by Gasteiger charge is 2.23. The number of benzene rings is 4. The van der Waals surface area contributed by atoms with Gasteiger partial charge in [0.1, 0.15) is 18.1 Å². The molecular formula is C34H33FN4O4. The van der Waals surface area contributed by atoms with Crippen molar-refractivity contribution >= 4 is 29.1 Å². The highest BCUT2D eigenvalue weighted by molar-refractivity contribution is 5.99. The van der Waals surface area contributed by atoms with Gasteiger partial charge in [-0.3, -0.25) is 14.4 Å². The summed E-state index contributed by atoms with van der Waals surface area (Å²) < 4.78 is 19.0. The van der Waals surface area contributed by atoms with Gasteiger partial charge in [-0.05, 0) is 72.3 Å². The van der Waals surface area contributed by atoms with Crippen molar-refractivity contribution in [1.82, 2.24) is 9.80 Å². The molecule has 220 valence electrons. The number of rotatable bonds is 9. The zero-order valence-electron chi connectivity index (χ0n) is 23.9. The van der Waals surface area contributed by atoms with Gasteiger partial charge in [0.25, 0.3) is 11.8 Å². The average molecular weight is 581 g/mol. The molecule has 0 aromatic heterocycles. The summed E-state index contributed by atoms with van der Waals surface area (Å²) in [5, 5.41) is 2.87. The summed E-state index contributed by atoms with van der Waals surface area (Å²) in [4.78, 5) is 44.6. The third-order valence-electron chi connectivity index (χ3n) is 7.33. The maximum absolute atomic E-state index is 13.8. The van der Waals surface area contributed by atoms with E-state index in [1.165, 1.54) is 29.2 Å². The largest absolute Gasteiger partial charge is 0.497 e. The lowest BCUT2D eigenvalue weighted by atomic mass is 10.1. The normalized spacial score (nSPS) is 12.9. The molecule has 0 bridgehead atoms. The smallest absolute Gasteiger partial charge is 0.254 e. The number of anilines is 2. The summed E-state index contributed by atoms with van der Waals surface area (Å²) in [7, 11) is 1.59. The van der Waals surface area contributed by atoms with Crippen LogP contribution in [0.1, 0.15) is 26.3 Å². The number of piperazine rings is 1. The molecule has 1 heterocycles. The van der Waals surface area contributed by atoms with E-state index in [-0.39, 0.29) is 30.5 Å². The molecule has 1 aliphatic heterocycles. The van der Waals surface area contributed by atoms with E-state index < -0.39 is 11.7 Å². The molecule has 4 aromatic rings. The number of halogens is 1. The lowest BCUT2D eigenvalue weighted by Gasteiger charge is -2.36. The molecule has 0 spiro atoms. The van der Waals surface area contributed by atoms with Crippen molar-refractivity contribution in [1.29, 1.82) is 0 Å². The Bertz CT molecular complexity index is 1550. The van der Waals surface area contributed by atoms with Crippen LogP contribution in [0.2, 0.25) is 0 Å². The van der Waals surface area contributed by atoms with Crippen molar-refractivity contribution in [3.05, 3.63) is 126 Å². The van der Waals surface area contributed by atoms with Gasteiger partial charge in [0, 0.05) is 55.2 Å². The third-order valence-corrected chi connectivity index (χ3v) is 7.33. The zero-order chi connectivity index (χ0) is 30.2. The van der Waals surface area contributed by atoms with E-state index in [1.54, 1.807) is 31.4 Å². The van der Waals surface area contributed by atoms with E-state index in [4.69, 9.17) is 4.74 Å². The topological polar surface area (TPSA) is 82.2 Å². The second-order valence-electron chi connectivity index (χ2n) is 10.3. The van der Waals surface area contributed by atoms with E-state index in [9.17, 15) is 18.8 Å². The number of ether oxygens (including phenoxy) is 1. The Labute approximate surface area is 250 Å². The molecule has 0 aliphatic carbocycles. The second kappa shape index (κ2) is 13.7. The molecule has 4 aromatic carbocycles. The van der Waals surface area contributed by atoms with Gasteiger partial charge in [0.05, 0.1) is 7.11 Å². The van der Waals surface area contributed by atoms with Crippen molar-refractivity contribution < 1.29 is 23.5 Å². The van der Waals surface area contributed by atoms with Gasteiger partial charge >= 0.3 is 0 Å². The minimum atomic E-state index is -0.514. The molecule has 1 saturated heterocycles. The molecule has 1 N–H and O–H groups in total. The Morgan fingerprint density at radius 3 is 2.16 bits per heavy atom. The van der Waals surface area contributed by atoms with Crippen LogP contribution < -0.4 is 15.0 Å². The molecular weight excluding hydrogens is 547 g/mol. The summed E-state index contributed by atoms with van der Waals surface area (Å²) in [6.07, 6.45) is 0. The fourth-order valence-corrected chi connectivity index (χ4v) is 5.02. The van der Waals surface area contributed by atoms with Crippen LogP contribution in [-0.2, 0) is 11.3 Å². The number of carbonyl (C=O) groups excluding carboxylic acids is 3. The molecule has 1 fully saturated rings. The number of hydrogen-bond acceptors (Lipinski definition) is 5. The third kappa shape index (κ3) is 7.56. The molecule has 3 amide bonds. The van der Waals surface area contributed by atoms with Crippen LogP contribution in [0.15, 0.2) is 103 Å². The first-order valence-corrected chi connectivity index (χ1v) is 14.1. The second-order valence-corrected chi connectivity index (χ2v) is 10.3. The quantitative estimate of drug-likeness (QED) is 0.299. The molecule has 43 heavy (non-hydrogen) atoms. The maximum Gasteiger partial charge on any atom is 0.254 e. The first kappa shape index (κ1) is 29.3. The summed E-state index contributed by atoms with van der Waals surface area (Å²) in [5.74, 6) is -0.599. The SMILES string of the molecule is COc1ccc(C(=O)N2CCN(c3ccc(NC(=O)CN(Cc4ccccc4)C(=O)c4cccc(F)c4)cc3)CC2)cc1. The van der Waals surface area contributed by atoms with Crippen LogP contribution in [0.3, 0.4) is 0 Å². The first-order valence-electron chi connectivity index (χ1n) is 14.1. The van der Waals surface area contributed by atoms with Gasteiger partial charge in [-0.2, -0.15) is 0 Å². The number of carbonyl (C=O) groups is 3. The predicted octanol–water partition coefficient (Wildman–Crippen LogP) is 5.08. The summed E-state index contributed by atoms with van der Waals surface area (Å²) in [6, 6.07) is 29.4. The van der Waals surface area contributed by atoms with Gasteiger partial charge in [0.15, 0.2) is 0 Å². The molecule has 9 heteroatoms. The number of methoxy groups -OCH3 is 1. The lowest BCUT2D eigenvalue weighted by molar-refractivity contribution is -0.117. The Kier molecular flexibility index (Phi) is 9.31. The molecule has 0 atom stereocenters. The predicted molar refractivity (Wildman–Crippen MR) is 164 cm³/mol. The van der Waals surface area contributed by atoms with Gasteiger partial charge in [0.2, 0.25) is 5.91 Å². The highest BCUT2D eigenvalue weighted by atomic mass is 19.1. The Balaban J connectivity index is 1.17. The van der Waals surface area contributed by atoms with Gasteiger partial charge in [-0.15, -0.1) is 0 Å². The Morgan fingerprint density at radius 2 is 1.51 bits per heavy atom. The van der Waals surface area contributed by atoms with Gasteiger partial charge in [-0.25, -0.2) is 4.39 Å². The molecule has 0 saturated carbocycles. The monoisotopic (exact) mass is 580 g/mol. The van der Waals surface area contributed by atoms with E-state index in [2.05, 4.69) is 10.2 Å². The minimum absolute atomic E-state index is 0.00227. The van der Waals surface area contributed by atoms with Gasteiger partial charge in [-0.1, -0.05) is 36.4 Å². The van der Waals surface area contributed by atoms with Crippen LogP contribution >= 0.6 is 0 Å². The number of nitrogens with zero attached hydrogens (tertiary/aromatic N) is 3. The fraction of sp³-hybridized carbons (Fsp3) is 0.206. The molecule has 8 nitrogen and oxygen atoms in total. The van der Waals surface area contributed by atoms with E-state index in [0.29, 0.717) is 43.2 Å². The van der Waals surface area contributed by atoms with Crippen LogP contribution in [0.25, 0.3) is 0 Å². The van der Waals surface area contributed by atoms with Crippen LogP contribution in [0.5, 0.6) is 5.75 Å². The van der Waals surface area contributed by atoms with Crippen molar-refractivity contribution in [2.24, 2.45) is 0 Å². The van der Waals surface area contributed by atoms with Gasteiger partial charge < -0.3 is 24.8 Å². The van der Waals surface area contributed by atoms with Crippen molar-refractivity contribution in [3.8, 4) is 5.75 Å².